The number of nitrogens with one attached hydrogen (secondary N) is 1. The number of nitrogen functional groups attached to an aromatic ring is 1. The van der Waals surface area contributed by atoms with E-state index < -0.39 is 0 Å². The van der Waals surface area contributed by atoms with E-state index >= 15 is 0 Å². The lowest BCUT2D eigenvalue weighted by molar-refractivity contribution is -0.119. The first-order valence-corrected chi connectivity index (χ1v) is 4.70. The lowest BCUT2D eigenvalue weighted by atomic mass is 10.4. The van der Waals surface area contributed by atoms with Gasteiger partial charge in [-0.25, -0.2) is 4.98 Å². The second-order valence-electron chi connectivity index (χ2n) is 2.99. The van der Waals surface area contributed by atoms with Crippen molar-refractivity contribution in [2.75, 3.05) is 30.8 Å². The molecule has 0 spiro atoms. The Bertz CT molecular complexity index is 341. The number of likely N-dealkylation sites (N-methyl/N-ethyl adjacent to an activating group) is 2. The van der Waals surface area contributed by atoms with Crippen LogP contribution in [0, 0.1) is 0 Å². The number of aromatic nitrogens is 2. The van der Waals surface area contributed by atoms with Gasteiger partial charge in [-0.1, -0.05) is 0 Å². The fraction of sp³-hybridized carbons (Fsp3) is 0.444. The zero-order chi connectivity index (χ0) is 11.3. The van der Waals surface area contributed by atoms with Gasteiger partial charge >= 0.3 is 0 Å². The smallest absolute Gasteiger partial charge is 0.239 e. The van der Waals surface area contributed by atoms with E-state index in [4.69, 9.17) is 5.73 Å². The van der Waals surface area contributed by atoms with Crippen LogP contribution in [0.5, 0.6) is 0 Å². The van der Waals surface area contributed by atoms with Gasteiger partial charge in [0.2, 0.25) is 5.91 Å². The third-order valence-electron chi connectivity index (χ3n) is 1.96. The predicted octanol–water partition coefficient (Wildman–Crippen LogP) is -0.369. The molecule has 6 heteroatoms. The average Bonchev–Trinajstić information content (AvgIpc) is 2.25. The molecule has 0 unspecified atom stereocenters. The Labute approximate surface area is 88.5 Å². The highest BCUT2D eigenvalue weighted by Crippen LogP contribution is 2.09. The summed E-state index contributed by atoms with van der Waals surface area (Å²) in [6.07, 6.45) is 3.06. The zero-order valence-electron chi connectivity index (χ0n) is 8.90. The quantitative estimate of drug-likeness (QED) is 0.707. The third-order valence-corrected chi connectivity index (χ3v) is 1.96. The van der Waals surface area contributed by atoms with Crippen molar-refractivity contribution in [2.45, 2.75) is 6.92 Å². The van der Waals surface area contributed by atoms with E-state index in [1.54, 1.807) is 18.1 Å². The van der Waals surface area contributed by atoms with Gasteiger partial charge in [-0.05, 0) is 6.92 Å². The molecule has 0 bridgehead atoms. The summed E-state index contributed by atoms with van der Waals surface area (Å²) in [6.45, 7) is 2.87. The largest absolute Gasteiger partial charge is 0.382 e. The number of hydrogen-bond acceptors (Lipinski definition) is 5. The molecule has 0 saturated carbocycles. The van der Waals surface area contributed by atoms with Crippen LogP contribution in [-0.2, 0) is 4.79 Å². The van der Waals surface area contributed by atoms with Gasteiger partial charge in [0.05, 0.1) is 18.9 Å². The SMILES string of the molecule is CCN(CC(=O)NC)c1cncc(N)n1. The predicted molar refractivity (Wildman–Crippen MR) is 58.4 cm³/mol. The second-order valence-corrected chi connectivity index (χ2v) is 2.99. The Morgan fingerprint density at radius 2 is 2.33 bits per heavy atom. The molecule has 0 aliphatic rings. The number of carbonyl (C=O) groups is 1. The molecule has 0 aliphatic carbocycles. The molecule has 1 heterocycles. The van der Waals surface area contributed by atoms with E-state index in [0.29, 0.717) is 18.2 Å². The molecule has 1 aromatic heterocycles. The van der Waals surface area contributed by atoms with Gasteiger partial charge in [0.25, 0.3) is 0 Å². The van der Waals surface area contributed by atoms with Crippen LogP contribution in [0.2, 0.25) is 0 Å². The van der Waals surface area contributed by atoms with E-state index in [1.807, 2.05) is 6.92 Å². The fourth-order valence-corrected chi connectivity index (χ4v) is 1.13. The van der Waals surface area contributed by atoms with Crippen molar-refractivity contribution in [3.8, 4) is 0 Å². The van der Waals surface area contributed by atoms with E-state index in [2.05, 4.69) is 15.3 Å². The summed E-state index contributed by atoms with van der Waals surface area (Å²) >= 11 is 0. The normalized spacial score (nSPS) is 9.73. The molecule has 15 heavy (non-hydrogen) atoms. The Morgan fingerprint density at radius 1 is 1.60 bits per heavy atom. The molecule has 0 aliphatic heterocycles. The second kappa shape index (κ2) is 5.14. The van der Waals surface area contributed by atoms with Crippen LogP contribution in [0.15, 0.2) is 12.4 Å². The Morgan fingerprint density at radius 3 is 2.87 bits per heavy atom. The minimum Gasteiger partial charge on any atom is -0.382 e. The Kier molecular flexibility index (Phi) is 3.84. The summed E-state index contributed by atoms with van der Waals surface area (Å²) in [6, 6.07) is 0. The monoisotopic (exact) mass is 209 g/mol. The summed E-state index contributed by atoms with van der Waals surface area (Å²) < 4.78 is 0. The van der Waals surface area contributed by atoms with Crippen LogP contribution in [-0.4, -0.2) is 36.0 Å². The number of nitrogens with two attached hydrogens (primary N) is 1. The maximum Gasteiger partial charge on any atom is 0.239 e. The Hall–Kier alpha value is -1.85. The highest BCUT2D eigenvalue weighted by Gasteiger charge is 2.10. The molecule has 1 aromatic rings. The molecular formula is C9H15N5O. The fourth-order valence-electron chi connectivity index (χ4n) is 1.13. The van der Waals surface area contributed by atoms with Crippen LogP contribution in [0.1, 0.15) is 6.92 Å². The lowest BCUT2D eigenvalue weighted by Gasteiger charge is -2.20. The summed E-state index contributed by atoms with van der Waals surface area (Å²) in [5.41, 5.74) is 5.51. The van der Waals surface area contributed by atoms with E-state index in [-0.39, 0.29) is 12.5 Å². The van der Waals surface area contributed by atoms with Crippen LogP contribution in [0.4, 0.5) is 11.6 Å². The number of amides is 1. The summed E-state index contributed by atoms with van der Waals surface area (Å²) in [7, 11) is 1.60. The summed E-state index contributed by atoms with van der Waals surface area (Å²) in [4.78, 5) is 21.0. The van der Waals surface area contributed by atoms with Crippen molar-refractivity contribution in [3.05, 3.63) is 12.4 Å². The van der Waals surface area contributed by atoms with Crippen LogP contribution < -0.4 is 16.0 Å². The first-order valence-electron chi connectivity index (χ1n) is 4.70. The van der Waals surface area contributed by atoms with E-state index in [1.165, 1.54) is 6.20 Å². The average molecular weight is 209 g/mol. The molecule has 82 valence electrons. The summed E-state index contributed by atoms with van der Waals surface area (Å²) in [5, 5.41) is 2.55. The third kappa shape index (κ3) is 3.08. The van der Waals surface area contributed by atoms with Gasteiger partial charge in [-0.2, -0.15) is 0 Å². The van der Waals surface area contributed by atoms with Gasteiger partial charge in [-0.3, -0.25) is 9.78 Å². The molecule has 0 saturated heterocycles. The van der Waals surface area contributed by atoms with Gasteiger partial charge in [0, 0.05) is 13.6 Å². The number of hydrogen-bond donors (Lipinski definition) is 2. The molecule has 6 nitrogen and oxygen atoms in total. The van der Waals surface area contributed by atoms with Crippen molar-refractivity contribution >= 4 is 17.5 Å². The molecular weight excluding hydrogens is 194 g/mol. The number of carbonyl (C=O) groups excluding carboxylic acids is 1. The van der Waals surface area contributed by atoms with Crippen molar-refractivity contribution in [3.63, 3.8) is 0 Å². The van der Waals surface area contributed by atoms with Crippen LogP contribution >= 0.6 is 0 Å². The molecule has 0 aromatic carbocycles. The van der Waals surface area contributed by atoms with Gasteiger partial charge in [-0.15, -0.1) is 0 Å². The molecule has 3 N–H and O–H groups in total. The highest BCUT2D eigenvalue weighted by molar-refractivity contribution is 5.80. The highest BCUT2D eigenvalue weighted by atomic mass is 16.1. The van der Waals surface area contributed by atoms with Crippen LogP contribution in [0.3, 0.4) is 0 Å². The standard InChI is InChI=1S/C9H15N5O/c1-3-14(6-9(15)11-2)8-5-12-4-7(10)13-8/h4-5H,3,6H2,1-2H3,(H2,10,13)(H,11,15). The summed E-state index contributed by atoms with van der Waals surface area (Å²) in [5.74, 6) is 0.894. The van der Waals surface area contributed by atoms with Gasteiger partial charge in [0.15, 0.2) is 0 Å². The number of rotatable bonds is 4. The zero-order valence-corrected chi connectivity index (χ0v) is 8.90. The molecule has 0 fully saturated rings. The topological polar surface area (TPSA) is 84.1 Å². The maximum atomic E-state index is 11.2. The van der Waals surface area contributed by atoms with Crippen molar-refractivity contribution in [1.29, 1.82) is 0 Å². The molecule has 0 radical (unpaired) electrons. The molecule has 1 rings (SSSR count). The molecule has 0 atom stereocenters. The minimum atomic E-state index is -0.0684. The van der Waals surface area contributed by atoms with Crippen molar-refractivity contribution in [2.24, 2.45) is 0 Å². The van der Waals surface area contributed by atoms with Gasteiger partial charge < -0.3 is 16.0 Å². The number of anilines is 2. The first kappa shape index (κ1) is 11.2. The van der Waals surface area contributed by atoms with Crippen LogP contribution in [0.25, 0.3) is 0 Å². The van der Waals surface area contributed by atoms with E-state index in [9.17, 15) is 4.79 Å². The van der Waals surface area contributed by atoms with E-state index in [0.717, 1.165) is 0 Å². The maximum absolute atomic E-state index is 11.2. The lowest BCUT2D eigenvalue weighted by Crippen LogP contribution is -2.36. The van der Waals surface area contributed by atoms with Crippen molar-refractivity contribution < 1.29 is 4.79 Å². The van der Waals surface area contributed by atoms with Crippen molar-refractivity contribution in [1.82, 2.24) is 15.3 Å². The Balaban J connectivity index is 2.78. The molecule has 1 amide bonds. The van der Waals surface area contributed by atoms with Gasteiger partial charge in [0.1, 0.15) is 11.6 Å². The number of nitrogens with zero attached hydrogens (tertiary/aromatic N) is 3. The minimum absolute atomic E-state index is 0.0684. The first-order chi connectivity index (χ1) is 7.17.